The zero-order valence-corrected chi connectivity index (χ0v) is 12.8. The van der Waals surface area contributed by atoms with Crippen LogP contribution in [0.5, 0.6) is 0 Å². The number of hydrogen-bond donors (Lipinski definition) is 2. The minimum Gasteiger partial charge on any atom is -0.337 e. The lowest BCUT2D eigenvalue weighted by atomic mass is 9.98. The zero-order valence-electron chi connectivity index (χ0n) is 12.8. The third-order valence-electron chi connectivity index (χ3n) is 5.22. The van der Waals surface area contributed by atoms with Gasteiger partial charge in [-0.3, -0.25) is 14.5 Å². The third kappa shape index (κ3) is 2.47. The standard InChI is InChI=1S/C15H24N4O3/c16-9-11-5-1-4-8-18(11)12(20)10-19-13(21)15(17-14(19)22)6-2-3-7-15/h11H,1-10,16H2,(H,17,22). The molecule has 0 aromatic heterocycles. The van der Waals surface area contributed by atoms with E-state index in [9.17, 15) is 14.4 Å². The highest BCUT2D eigenvalue weighted by atomic mass is 16.2. The van der Waals surface area contributed by atoms with E-state index in [2.05, 4.69) is 5.32 Å². The Morgan fingerprint density at radius 2 is 1.95 bits per heavy atom. The van der Waals surface area contributed by atoms with E-state index in [-0.39, 0.29) is 24.4 Å². The molecule has 3 rings (SSSR count). The molecule has 7 nitrogen and oxygen atoms in total. The van der Waals surface area contributed by atoms with Gasteiger partial charge in [0.15, 0.2) is 0 Å². The van der Waals surface area contributed by atoms with Crippen molar-refractivity contribution in [1.82, 2.24) is 15.1 Å². The Kier molecular flexibility index (Phi) is 4.08. The molecular formula is C15H24N4O3. The molecule has 1 unspecified atom stereocenters. The molecule has 3 N–H and O–H groups in total. The fourth-order valence-corrected chi connectivity index (χ4v) is 3.94. The SMILES string of the molecule is NCC1CCCCN1C(=O)CN1C(=O)NC2(CCCC2)C1=O. The number of piperidine rings is 1. The quantitative estimate of drug-likeness (QED) is 0.728. The van der Waals surface area contributed by atoms with Gasteiger partial charge in [-0.1, -0.05) is 12.8 Å². The van der Waals surface area contributed by atoms with Crippen LogP contribution in [0, 0.1) is 0 Å². The van der Waals surface area contributed by atoms with Gasteiger partial charge in [-0.25, -0.2) is 4.79 Å². The first-order chi connectivity index (χ1) is 10.6. The number of urea groups is 1. The van der Waals surface area contributed by atoms with Gasteiger partial charge in [0.25, 0.3) is 5.91 Å². The third-order valence-corrected chi connectivity index (χ3v) is 5.22. The summed E-state index contributed by atoms with van der Waals surface area (Å²) < 4.78 is 0. The van der Waals surface area contributed by atoms with Gasteiger partial charge in [0.05, 0.1) is 0 Å². The Hall–Kier alpha value is -1.63. The van der Waals surface area contributed by atoms with Crippen molar-refractivity contribution in [2.24, 2.45) is 5.73 Å². The molecule has 3 fully saturated rings. The van der Waals surface area contributed by atoms with Gasteiger partial charge in [0.1, 0.15) is 12.1 Å². The van der Waals surface area contributed by atoms with Gasteiger partial charge in [-0.2, -0.15) is 0 Å². The number of nitrogens with one attached hydrogen (secondary N) is 1. The molecule has 0 bridgehead atoms. The fourth-order valence-electron chi connectivity index (χ4n) is 3.94. The van der Waals surface area contributed by atoms with E-state index in [1.54, 1.807) is 4.90 Å². The number of rotatable bonds is 3. The number of carbonyl (C=O) groups is 3. The molecule has 0 aromatic carbocycles. The summed E-state index contributed by atoms with van der Waals surface area (Å²) in [4.78, 5) is 40.0. The van der Waals surface area contributed by atoms with Crippen LogP contribution in [-0.2, 0) is 9.59 Å². The smallest absolute Gasteiger partial charge is 0.325 e. The van der Waals surface area contributed by atoms with E-state index < -0.39 is 11.6 Å². The Morgan fingerprint density at radius 1 is 1.23 bits per heavy atom. The largest absolute Gasteiger partial charge is 0.337 e. The second-order valence-corrected chi connectivity index (χ2v) is 6.58. The highest BCUT2D eigenvalue weighted by molar-refractivity contribution is 6.09. The Morgan fingerprint density at radius 3 is 2.64 bits per heavy atom. The summed E-state index contributed by atoms with van der Waals surface area (Å²) >= 11 is 0. The van der Waals surface area contributed by atoms with Crippen LogP contribution in [0.2, 0.25) is 0 Å². The van der Waals surface area contributed by atoms with Crippen LogP contribution in [0.4, 0.5) is 4.79 Å². The zero-order chi connectivity index (χ0) is 15.7. The molecule has 4 amide bonds. The molecule has 0 aromatic rings. The maximum atomic E-state index is 12.6. The van der Waals surface area contributed by atoms with E-state index in [0.29, 0.717) is 25.9 Å². The van der Waals surface area contributed by atoms with Crippen molar-refractivity contribution in [3.8, 4) is 0 Å². The van der Waals surface area contributed by atoms with Crippen molar-refractivity contribution in [3.05, 3.63) is 0 Å². The number of nitrogens with two attached hydrogens (primary N) is 1. The molecule has 0 radical (unpaired) electrons. The van der Waals surface area contributed by atoms with Crippen LogP contribution < -0.4 is 11.1 Å². The number of imide groups is 1. The van der Waals surface area contributed by atoms with Crippen LogP contribution in [-0.4, -0.2) is 58.9 Å². The second-order valence-electron chi connectivity index (χ2n) is 6.58. The lowest BCUT2D eigenvalue weighted by Gasteiger charge is -2.35. The first kappa shape index (κ1) is 15.3. The van der Waals surface area contributed by atoms with Crippen molar-refractivity contribution in [3.63, 3.8) is 0 Å². The van der Waals surface area contributed by atoms with Crippen LogP contribution >= 0.6 is 0 Å². The summed E-state index contributed by atoms with van der Waals surface area (Å²) in [6.07, 6.45) is 6.15. The van der Waals surface area contributed by atoms with Crippen LogP contribution in [0.3, 0.4) is 0 Å². The second kappa shape index (κ2) is 5.87. The highest BCUT2D eigenvalue weighted by Crippen LogP contribution is 2.35. The predicted octanol–water partition coefficient (Wildman–Crippen LogP) is 0.191. The Labute approximate surface area is 130 Å². The summed E-state index contributed by atoms with van der Waals surface area (Å²) in [6.45, 7) is 0.925. The lowest BCUT2D eigenvalue weighted by molar-refractivity contribution is -0.141. The summed E-state index contributed by atoms with van der Waals surface area (Å²) in [6, 6.07) is -0.399. The fraction of sp³-hybridized carbons (Fsp3) is 0.800. The van der Waals surface area contributed by atoms with Crippen molar-refractivity contribution in [2.45, 2.75) is 56.5 Å². The van der Waals surface area contributed by atoms with E-state index >= 15 is 0 Å². The van der Waals surface area contributed by atoms with E-state index in [1.807, 2.05) is 0 Å². The predicted molar refractivity (Wildman–Crippen MR) is 79.9 cm³/mol. The summed E-state index contributed by atoms with van der Waals surface area (Å²) in [5.74, 6) is -0.404. The first-order valence-electron chi connectivity index (χ1n) is 8.21. The van der Waals surface area contributed by atoms with Gasteiger partial charge in [0, 0.05) is 19.1 Å². The summed E-state index contributed by atoms with van der Waals surface area (Å²) in [7, 11) is 0. The normalized spacial score (nSPS) is 27.6. The molecule has 3 aliphatic rings. The Balaban J connectivity index is 1.68. The number of amides is 4. The molecule has 122 valence electrons. The Bertz CT molecular complexity index is 487. The molecule has 22 heavy (non-hydrogen) atoms. The van der Waals surface area contributed by atoms with Gasteiger partial charge >= 0.3 is 6.03 Å². The molecule has 2 saturated heterocycles. The molecular weight excluding hydrogens is 284 g/mol. The number of likely N-dealkylation sites (tertiary alicyclic amines) is 1. The van der Waals surface area contributed by atoms with E-state index in [4.69, 9.17) is 5.73 Å². The average Bonchev–Trinajstić information content (AvgIpc) is 3.08. The maximum absolute atomic E-state index is 12.6. The summed E-state index contributed by atoms with van der Waals surface area (Å²) in [5, 5.41) is 2.80. The summed E-state index contributed by atoms with van der Waals surface area (Å²) in [5.41, 5.74) is 4.99. The molecule has 1 atom stereocenters. The van der Waals surface area contributed by atoms with Crippen LogP contribution in [0.25, 0.3) is 0 Å². The van der Waals surface area contributed by atoms with Gasteiger partial charge < -0.3 is 16.0 Å². The molecule has 1 saturated carbocycles. The molecule has 1 spiro atoms. The minimum atomic E-state index is -0.744. The topological polar surface area (TPSA) is 95.7 Å². The first-order valence-corrected chi connectivity index (χ1v) is 8.21. The monoisotopic (exact) mass is 308 g/mol. The number of carbonyl (C=O) groups excluding carboxylic acids is 3. The van der Waals surface area contributed by atoms with Crippen molar-refractivity contribution >= 4 is 17.8 Å². The average molecular weight is 308 g/mol. The number of hydrogen-bond acceptors (Lipinski definition) is 4. The maximum Gasteiger partial charge on any atom is 0.325 e. The molecule has 7 heteroatoms. The van der Waals surface area contributed by atoms with E-state index in [1.165, 1.54) is 0 Å². The number of nitrogens with zero attached hydrogens (tertiary/aromatic N) is 2. The van der Waals surface area contributed by atoms with Crippen LogP contribution in [0.15, 0.2) is 0 Å². The molecule has 2 aliphatic heterocycles. The van der Waals surface area contributed by atoms with Crippen molar-refractivity contribution in [1.29, 1.82) is 0 Å². The lowest BCUT2D eigenvalue weighted by Crippen LogP contribution is -2.52. The van der Waals surface area contributed by atoms with Gasteiger partial charge in [-0.05, 0) is 32.1 Å². The van der Waals surface area contributed by atoms with Crippen molar-refractivity contribution < 1.29 is 14.4 Å². The van der Waals surface area contributed by atoms with Gasteiger partial charge in [0.2, 0.25) is 5.91 Å². The minimum absolute atomic E-state index is 0.0301. The van der Waals surface area contributed by atoms with Crippen molar-refractivity contribution in [2.75, 3.05) is 19.6 Å². The van der Waals surface area contributed by atoms with Gasteiger partial charge in [-0.15, -0.1) is 0 Å². The molecule has 2 heterocycles. The highest BCUT2D eigenvalue weighted by Gasteiger charge is 2.53. The van der Waals surface area contributed by atoms with E-state index in [0.717, 1.165) is 37.0 Å². The molecule has 1 aliphatic carbocycles. The van der Waals surface area contributed by atoms with Crippen LogP contribution in [0.1, 0.15) is 44.9 Å².